The van der Waals surface area contributed by atoms with Crippen molar-refractivity contribution in [2.45, 2.75) is 18.8 Å². The number of amides is 2. The molecule has 2 amide bonds. The molecule has 1 saturated heterocycles. The number of primary amides is 1. The van der Waals surface area contributed by atoms with Gasteiger partial charge in [-0.15, -0.1) is 0 Å². The van der Waals surface area contributed by atoms with Crippen LogP contribution in [0.2, 0.25) is 0 Å². The number of aromatic amines is 1. The third kappa shape index (κ3) is 3.88. The average molecular weight is 500 g/mol. The number of hydrogen-bond donors (Lipinski definition) is 3. The molecule has 4 aromatic rings. The summed E-state index contributed by atoms with van der Waals surface area (Å²) >= 11 is 0. The van der Waals surface area contributed by atoms with Gasteiger partial charge in [0, 0.05) is 35.8 Å². The molecule has 9 nitrogen and oxygen atoms in total. The molecule has 5 rings (SSSR count). The van der Waals surface area contributed by atoms with E-state index in [0.717, 1.165) is 22.3 Å². The van der Waals surface area contributed by atoms with Crippen molar-refractivity contribution in [2.24, 2.45) is 5.73 Å². The zero-order valence-corrected chi connectivity index (χ0v) is 19.5. The Morgan fingerprint density at radius 1 is 1.08 bits per heavy atom. The fourth-order valence-electron chi connectivity index (χ4n) is 4.78. The molecule has 0 radical (unpaired) electrons. The quantitative estimate of drug-likeness (QED) is 0.349. The number of H-pyrrole nitrogens is 1. The van der Waals surface area contributed by atoms with Crippen molar-refractivity contribution in [3.8, 4) is 11.6 Å². The number of piperidine rings is 1. The molecule has 0 atom stereocenters. The molecule has 0 bridgehead atoms. The van der Waals surface area contributed by atoms with Crippen molar-refractivity contribution in [2.75, 3.05) is 37.5 Å². The van der Waals surface area contributed by atoms with Gasteiger partial charge in [0.1, 0.15) is 16.8 Å². The van der Waals surface area contributed by atoms with E-state index >= 15 is 4.39 Å². The van der Waals surface area contributed by atoms with Crippen molar-refractivity contribution >= 4 is 39.5 Å². The van der Waals surface area contributed by atoms with Crippen LogP contribution in [0.1, 0.15) is 24.3 Å². The van der Waals surface area contributed by atoms with Gasteiger partial charge in [0.25, 0.3) is 5.88 Å². The van der Waals surface area contributed by atoms with Crippen LogP contribution in [-0.2, 0) is 0 Å². The minimum absolute atomic E-state index is 0.0909. The topological polar surface area (TPSA) is 118 Å². The van der Waals surface area contributed by atoms with E-state index in [0.29, 0.717) is 25.9 Å². The molecule has 1 aliphatic rings. The summed E-state index contributed by atoms with van der Waals surface area (Å²) in [6.07, 6.45) is 2.79. The highest BCUT2D eigenvalue weighted by atomic mass is 19.2. The Morgan fingerprint density at radius 2 is 1.83 bits per heavy atom. The zero-order valence-electron chi connectivity index (χ0n) is 19.5. The molecule has 2 aromatic heterocycles. The molecule has 1 fully saturated rings. The molecule has 3 heterocycles. The number of anilines is 2. The number of carbonyl (C=O) groups is 1. The maximum absolute atomic E-state index is 15.2. The van der Waals surface area contributed by atoms with Gasteiger partial charge < -0.3 is 25.1 Å². The van der Waals surface area contributed by atoms with Gasteiger partial charge in [-0.2, -0.15) is 0 Å². The largest absolute Gasteiger partial charge is 0.497 e. The van der Waals surface area contributed by atoms with Crippen LogP contribution in [0, 0.1) is 17.5 Å². The normalized spacial score (nSPS) is 14.4. The molecule has 2 aromatic carbocycles. The van der Waals surface area contributed by atoms with E-state index in [2.05, 4.69) is 25.2 Å². The Labute approximate surface area is 203 Å². The fraction of sp³-hybridized carbons (Fsp3) is 0.292. The Balaban J connectivity index is 1.52. The van der Waals surface area contributed by atoms with E-state index in [4.69, 9.17) is 15.2 Å². The molecule has 12 heteroatoms. The van der Waals surface area contributed by atoms with Crippen LogP contribution >= 0.6 is 0 Å². The first-order chi connectivity index (χ1) is 17.3. The lowest BCUT2D eigenvalue weighted by atomic mass is 9.87. The summed E-state index contributed by atoms with van der Waals surface area (Å²) in [5, 5.41) is 3.22. The predicted octanol–water partition coefficient (Wildman–Crippen LogP) is 4.42. The average Bonchev–Trinajstić information content (AvgIpc) is 3.30. The first-order valence-corrected chi connectivity index (χ1v) is 11.2. The highest BCUT2D eigenvalue weighted by molar-refractivity contribution is 5.94. The molecular weight excluding hydrogens is 477 g/mol. The number of aromatic nitrogens is 3. The van der Waals surface area contributed by atoms with Crippen LogP contribution in [0.5, 0.6) is 11.6 Å². The summed E-state index contributed by atoms with van der Waals surface area (Å²) in [6.45, 7) is 1.06. The van der Waals surface area contributed by atoms with Crippen LogP contribution in [0.3, 0.4) is 0 Å². The van der Waals surface area contributed by atoms with E-state index in [1.807, 2.05) is 24.4 Å². The highest BCUT2D eigenvalue weighted by Crippen LogP contribution is 2.40. The van der Waals surface area contributed by atoms with Gasteiger partial charge in [-0.05, 0) is 37.0 Å². The molecule has 0 aliphatic carbocycles. The lowest BCUT2D eigenvalue weighted by Crippen LogP contribution is -2.33. The minimum atomic E-state index is -1.63. The van der Waals surface area contributed by atoms with Gasteiger partial charge in [0.05, 0.1) is 19.9 Å². The molecule has 188 valence electrons. The van der Waals surface area contributed by atoms with Crippen LogP contribution in [0.15, 0.2) is 24.4 Å². The number of nitrogens with one attached hydrogen (secondary N) is 2. The summed E-state index contributed by atoms with van der Waals surface area (Å²) in [5.74, 6) is -4.66. The van der Waals surface area contributed by atoms with Crippen molar-refractivity contribution in [1.82, 2.24) is 15.0 Å². The van der Waals surface area contributed by atoms with Gasteiger partial charge in [-0.1, -0.05) is 0 Å². The maximum Gasteiger partial charge on any atom is 0.317 e. The number of hydrogen-bond acceptors (Lipinski definition) is 6. The molecule has 0 spiro atoms. The summed E-state index contributed by atoms with van der Waals surface area (Å²) in [5.41, 5.74) is 6.33. The fourth-order valence-corrected chi connectivity index (χ4v) is 4.78. The monoisotopic (exact) mass is 500 g/mol. The molecule has 1 aliphatic heterocycles. The minimum Gasteiger partial charge on any atom is -0.497 e. The number of ether oxygens (including phenoxy) is 2. The Bertz CT molecular complexity index is 1480. The van der Waals surface area contributed by atoms with Crippen LogP contribution < -0.4 is 25.4 Å². The number of carbonyl (C=O) groups excluding carboxylic acids is 1. The van der Waals surface area contributed by atoms with Crippen LogP contribution in [-0.4, -0.2) is 48.3 Å². The van der Waals surface area contributed by atoms with Gasteiger partial charge >= 0.3 is 6.03 Å². The van der Waals surface area contributed by atoms with E-state index in [-0.39, 0.29) is 22.8 Å². The number of nitrogens with zero attached hydrogens (tertiary/aromatic N) is 3. The summed E-state index contributed by atoms with van der Waals surface area (Å²) in [6, 6.07) is 4.77. The number of nitrogens with two attached hydrogens (primary N) is 1. The Kier molecular flexibility index (Phi) is 5.94. The maximum atomic E-state index is 15.2. The van der Waals surface area contributed by atoms with Gasteiger partial charge in [-0.25, -0.2) is 27.9 Å². The first kappa shape index (κ1) is 23.5. The second kappa shape index (κ2) is 9.10. The molecule has 4 N–H and O–H groups in total. The van der Waals surface area contributed by atoms with E-state index in [1.54, 1.807) is 7.11 Å². The number of halogens is 3. The zero-order chi connectivity index (χ0) is 25.6. The highest BCUT2D eigenvalue weighted by Gasteiger charge is 2.32. The third-order valence-electron chi connectivity index (χ3n) is 6.49. The number of rotatable bonds is 5. The second-order valence-electron chi connectivity index (χ2n) is 8.47. The van der Waals surface area contributed by atoms with Gasteiger partial charge in [-0.3, -0.25) is 5.32 Å². The van der Waals surface area contributed by atoms with E-state index in [1.165, 1.54) is 7.11 Å². The third-order valence-corrected chi connectivity index (χ3v) is 6.49. The van der Waals surface area contributed by atoms with Crippen molar-refractivity contribution in [1.29, 1.82) is 0 Å². The van der Waals surface area contributed by atoms with Crippen molar-refractivity contribution in [3.63, 3.8) is 0 Å². The molecule has 0 unspecified atom stereocenters. The standard InChI is InChI=1S/C24H23F3N6O3/c1-35-12-3-4-14-13(9-12)15(10-29-14)33-7-5-11(6-8-33)16-17(25)18(26)19(27)21-20(16)30-22(32-24(28)34)23(31-21)36-2/h3-4,9-11,29H,5-8H2,1-2H3,(H3,28,30,32,34). The summed E-state index contributed by atoms with van der Waals surface area (Å²) in [7, 11) is 2.82. The number of methoxy groups -OCH3 is 2. The van der Waals surface area contributed by atoms with Crippen molar-refractivity contribution < 1.29 is 27.4 Å². The first-order valence-electron chi connectivity index (χ1n) is 11.2. The lowest BCUT2D eigenvalue weighted by molar-refractivity contribution is 0.259. The SMILES string of the molecule is COc1ccc2[nH]cc(N3CCC(c4c(F)c(F)c(F)c5nc(OC)c(NC(N)=O)nc45)CC3)c2c1. The molecule has 36 heavy (non-hydrogen) atoms. The van der Waals surface area contributed by atoms with Gasteiger partial charge in [0.2, 0.25) is 0 Å². The number of urea groups is 1. The lowest BCUT2D eigenvalue weighted by Gasteiger charge is -2.34. The predicted molar refractivity (Wildman–Crippen MR) is 128 cm³/mol. The van der Waals surface area contributed by atoms with Gasteiger partial charge in [0.15, 0.2) is 23.3 Å². The number of fused-ring (bicyclic) bond motifs is 2. The van der Waals surface area contributed by atoms with Crippen molar-refractivity contribution in [3.05, 3.63) is 47.4 Å². The molecule has 0 saturated carbocycles. The number of benzene rings is 2. The summed E-state index contributed by atoms with van der Waals surface area (Å²) in [4.78, 5) is 24.9. The second-order valence-corrected chi connectivity index (χ2v) is 8.47. The molecular formula is C24H23F3N6O3. The van der Waals surface area contributed by atoms with Crippen LogP contribution in [0.4, 0.5) is 29.5 Å². The Hall–Kier alpha value is -4.22. The summed E-state index contributed by atoms with van der Waals surface area (Å²) < 4.78 is 54.8. The van der Waals surface area contributed by atoms with Crippen LogP contribution in [0.25, 0.3) is 21.9 Å². The Morgan fingerprint density at radius 3 is 2.50 bits per heavy atom. The smallest absolute Gasteiger partial charge is 0.317 e. The van der Waals surface area contributed by atoms with E-state index < -0.39 is 34.9 Å². The van der Waals surface area contributed by atoms with E-state index in [9.17, 15) is 13.6 Å².